The Morgan fingerprint density at radius 1 is 0.448 bits per heavy atom. The average Bonchev–Trinajstić information content (AvgIpc) is 3.83. The van der Waals surface area contributed by atoms with E-state index in [4.69, 9.17) is 5.26 Å². The normalized spacial score (nSPS) is 14.7. The van der Waals surface area contributed by atoms with Gasteiger partial charge in [-0.05, 0) is 31.5 Å². The summed E-state index contributed by atoms with van der Waals surface area (Å²) in [6, 6.07) is 17.8. The first kappa shape index (κ1) is 54.2. The molecule has 0 bridgehead atoms. The fourth-order valence-corrected chi connectivity index (χ4v) is 8.41. The van der Waals surface area contributed by atoms with Crippen LogP contribution in [0.5, 0.6) is 0 Å². The molecule has 348 valence electrons. The van der Waals surface area contributed by atoms with Crippen LogP contribution in [0.1, 0.15) is 89.2 Å². The van der Waals surface area contributed by atoms with Crippen molar-refractivity contribution in [2.75, 3.05) is 0 Å². The topological polar surface area (TPSA) is 46.1 Å². The molecule has 0 amide bonds. The van der Waals surface area contributed by atoms with Gasteiger partial charge in [0.2, 0.25) is 0 Å². The molecular weight excluding hydrogens is 992 g/mol. The summed E-state index contributed by atoms with van der Waals surface area (Å²) in [7, 11) is 0. The molecule has 8 rings (SSSR count). The first-order chi connectivity index (χ1) is 31.3. The van der Waals surface area contributed by atoms with Crippen molar-refractivity contribution >= 4 is 28.2 Å². The Morgan fingerprint density at radius 3 is 0.955 bits per heavy atom. The third kappa shape index (κ3) is 10.5. The average molecular weight is 1030 g/mol. The van der Waals surface area contributed by atoms with Gasteiger partial charge in [0.05, 0.1) is 11.6 Å². The summed E-state index contributed by atoms with van der Waals surface area (Å²) in [5.41, 5.74) is -11.8. The van der Waals surface area contributed by atoms with Crippen LogP contribution in [0.2, 0.25) is 0 Å². The SMILES string of the molecule is C1CCCC1.C1CCCC1.CC1=C([B-](c2c(F)c(F)c(F)c(F)c2F)(c2c(F)c(F)c(F)c(F)c2F)c2c(F)c(F)c(F)c(F)c2F)C/1=C(\C)C(=[N-])c1ccccc1.N#Cc1ccccc1.[Zr+4]. The van der Waals surface area contributed by atoms with Crippen molar-refractivity contribution in [2.24, 2.45) is 0 Å². The Kier molecular flexibility index (Phi) is 18.7. The Bertz CT molecular complexity index is 2480. The number of hydrogen-bond acceptors (Lipinski definition) is 1. The van der Waals surface area contributed by atoms with Crippen LogP contribution in [0.25, 0.3) is 5.41 Å². The van der Waals surface area contributed by atoms with Crippen LogP contribution >= 0.6 is 0 Å². The van der Waals surface area contributed by atoms with Crippen molar-refractivity contribution in [1.29, 1.82) is 5.26 Å². The van der Waals surface area contributed by atoms with Gasteiger partial charge in [0.1, 0.15) is 41.0 Å². The molecule has 0 aliphatic heterocycles. The molecule has 0 atom stereocenters. The van der Waals surface area contributed by atoms with E-state index in [0.717, 1.165) is 13.8 Å². The summed E-state index contributed by atoms with van der Waals surface area (Å²) < 4.78 is 226. The van der Waals surface area contributed by atoms with E-state index in [9.17, 15) is 44.9 Å². The van der Waals surface area contributed by atoms with Crippen LogP contribution in [-0.4, -0.2) is 11.9 Å². The van der Waals surface area contributed by atoms with Crippen LogP contribution in [0.4, 0.5) is 65.9 Å². The number of halogens is 15. The number of rotatable bonds is 6. The van der Waals surface area contributed by atoms with E-state index in [0.29, 0.717) is 5.56 Å². The predicted molar refractivity (Wildman–Crippen MR) is 220 cm³/mol. The fourth-order valence-electron chi connectivity index (χ4n) is 8.41. The van der Waals surface area contributed by atoms with Crippen LogP contribution < -0.4 is 16.4 Å². The molecule has 0 heterocycles. The molecule has 0 radical (unpaired) electrons. The van der Waals surface area contributed by atoms with E-state index in [1.165, 1.54) is 94.5 Å². The molecule has 19 heteroatoms. The third-order valence-electron chi connectivity index (χ3n) is 11.6. The minimum atomic E-state index is -5.89. The Morgan fingerprint density at radius 2 is 0.701 bits per heavy atom. The van der Waals surface area contributed by atoms with Gasteiger partial charge in [-0.25, -0.2) is 65.9 Å². The maximum Gasteiger partial charge on any atom is 4.00 e. The fraction of sp³-hybridized carbons (Fsp3) is 0.250. The minimum absolute atomic E-state index is 0. The largest absolute Gasteiger partial charge is 4.00 e. The number of nitrogens with zero attached hydrogens (tertiary/aromatic N) is 2. The maximum absolute atomic E-state index is 15.8. The van der Waals surface area contributed by atoms with Crippen molar-refractivity contribution in [3.63, 3.8) is 0 Å². The zero-order chi connectivity index (χ0) is 48.8. The molecule has 0 aromatic heterocycles. The molecule has 5 aromatic rings. The first-order valence-corrected chi connectivity index (χ1v) is 20.5. The van der Waals surface area contributed by atoms with E-state index in [2.05, 4.69) is 0 Å². The van der Waals surface area contributed by atoms with Gasteiger partial charge < -0.3 is 5.41 Å². The van der Waals surface area contributed by atoms with Gasteiger partial charge in [0.25, 0.3) is 0 Å². The molecule has 2 fully saturated rings. The number of benzene rings is 5. The molecule has 0 unspecified atom stereocenters. The number of hydrogen-bond donors (Lipinski definition) is 0. The smallest absolute Gasteiger partial charge is 0.803 e. The van der Waals surface area contributed by atoms with E-state index in [1.807, 2.05) is 24.3 Å². The third-order valence-corrected chi connectivity index (χ3v) is 11.6. The molecule has 3 aliphatic rings. The second-order valence-corrected chi connectivity index (χ2v) is 15.6. The zero-order valence-electron chi connectivity index (χ0n) is 35.5. The van der Waals surface area contributed by atoms with E-state index >= 15 is 26.3 Å². The second-order valence-electron chi connectivity index (χ2n) is 15.6. The molecule has 67 heavy (non-hydrogen) atoms. The van der Waals surface area contributed by atoms with Crippen molar-refractivity contribution in [3.8, 4) is 6.07 Å². The molecular formula is C48H36BF15N2Zr+2. The zero-order valence-corrected chi connectivity index (χ0v) is 37.9. The summed E-state index contributed by atoms with van der Waals surface area (Å²) in [6.45, 7) is 1.72. The molecule has 3 aliphatic carbocycles. The molecule has 5 aromatic carbocycles. The molecule has 0 spiro atoms. The summed E-state index contributed by atoms with van der Waals surface area (Å²) >= 11 is 0. The predicted octanol–water partition coefficient (Wildman–Crippen LogP) is 12.9. The van der Waals surface area contributed by atoms with Crippen molar-refractivity contribution in [3.05, 3.63) is 187 Å². The Labute approximate surface area is 394 Å². The van der Waals surface area contributed by atoms with Gasteiger partial charge >= 0.3 is 26.2 Å². The van der Waals surface area contributed by atoms with Crippen molar-refractivity contribution in [1.82, 2.24) is 0 Å². The number of nitriles is 1. The van der Waals surface area contributed by atoms with Crippen LogP contribution in [0, 0.1) is 98.6 Å². The monoisotopic (exact) mass is 1030 g/mol. The van der Waals surface area contributed by atoms with Crippen LogP contribution in [-0.2, 0) is 26.2 Å². The van der Waals surface area contributed by atoms with Crippen LogP contribution in [0.3, 0.4) is 0 Å². The van der Waals surface area contributed by atoms with E-state index < -0.39 is 138 Å². The van der Waals surface area contributed by atoms with Crippen molar-refractivity contribution in [2.45, 2.75) is 78.1 Å². The molecule has 2 saturated carbocycles. The summed E-state index contributed by atoms with van der Waals surface area (Å²) in [5.74, 6) is -46.1. The van der Waals surface area contributed by atoms with Crippen molar-refractivity contribution < 1.29 is 92.1 Å². The Hall–Kier alpha value is -5.36. The van der Waals surface area contributed by atoms with E-state index in [1.54, 1.807) is 12.1 Å². The van der Waals surface area contributed by atoms with Gasteiger partial charge in [0, 0.05) is 0 Å². The number of allylic oxidation sites excluding steroid dienone is 4. The standard InChI is InChI=1S/C31H11BF15N.C7H5N.2C5H10.Zr/c1-8-11(9(2)31(48)10-6-4-3-5-7-10)12(8)32(13-16(33)22(39)28(45)23(40)17(13)34,14-18(35)24(41)29(46)25(42)19(14)36)15-20(37)26(43)30(47)27(44)21(15)38;8-6-7-4-2-1-3-5-7;2*1-2-4-5-3-1;/h3-7H,1-2H3;1-5H;2*1-5H2;/q-2;;;;+4/b11-9+;;;;. The molecule has 0 saturated heterocycles. The van der Waals surface area contributed by atoms with Gasteiger partial charge in [-0.15, -0.1) is 22.1 Å². The summed E-state index contributed by atoms with van der Waals surface area (Å²) in [4.78, 5) is 0. The maximum atomic E-state index is 15.8. The molecule has 0 N–H and O–H groups in total. The van der Waals surface area contributed by atoms with E-state index in [-0.39, 0.29) is 31.8 Å². The quantitative estimate of drug-likeness (QED) is 0.0550. The van der Waals surface area contributed by atoms with Crippen LogP contribution in [0.15, 0.2) is 82.9 Å². The summed E-state index contributed by atoms with van der Waals surface area (Å²) in [5, 5.41) is 19.2. The van der Waals surface area contributed by atoms with Gasteiger partial charge in [-0.1, -0.05) is 129 Å². The van der Waals surface area contributed by atoms with Gasteiger partial charge in [0.15, 0.2) is 52.4 Å². The van der Waals surface area contributed by atoms with Gasteiger partial charge in [-0.3, -0.25) is 0 Å². The summed E-state index contributed by atoms with van der Waals surface area (Å²) in [6.07, 6.45) is 9.11. The Balaban J connectivity index is 0.000000425. The van der Waals surface area contributed by atoms with Gasteiger partial charge in [-0.2, -0.15) is 10.7 Å². The molecule has 2 nitrogen and oxygen atoms in total. The minimum Gasteiger partial charge on any atom is -0.803 e. The second kappa shape index (κ2) is 23.1. The first-order valence-electron chi connectivity index (χ1n) is 20.5.